The van der Waals surface area contributed by atoms with Gasteiger partial charge < -0.3 is 5.11 Å². The van der Waals surface area contributed by atoms with Crippen LogP contribution in [0.15, 0.2) is 29.2 Å². The molecule has 0 bridgehead atoms. The Balaban J connectivity index is 2.49. The van der Waals surface area contributed by atoms with Crippen molar-refractivity contribution < 1.29 is 13.5 Å². The molecule has 0 aliphatic carbocycles. The number of nitrogens with zero attached hydrogens (tertiary/aromatic N) is 1. The summed E-state index contributed by atoms with van der Waals surface area (Å²) in [6, 6.07) is 6.72. The molecule has 1 aliphatic heterocycles. The molecule has 1 aromatic carbocycles. The summed E-state index contributed by atoms with van der Waals surface area (Å²) >= 11 is 0. The van der Waals surface area contributed by atoms with Gasteiger partial charge in [0.25, 0.3) is 0 Å². The molecular weight excluding hydrogens is 286 g/mol. The minimum absolute atomic E-state index is 0.00222. The highest BCUT2D eigenvalue weighted by atomic mass is 32.2. The predicted molar refractivity (Wildman–Crippen MR) is 82.2 cm³/mol. The Morgan fingerprint density at radius 2 is 1.86 bits per heavy atom. The third kappa shape index (κ3) is 3.29. The van der Waals surface area contributed by atoms with Crippen LogP contribution in [0.4, 0.5) is 0 Å². The third-order valence-electron chi connectivity index (χ3n) is 3.86. The van der Waals surface area contributed by atoms with E-state index in [2.05, 4.69) is 11.8 Å². The quantitative estimate of drug-likeness (QED) is 0.850. The van der Waals surface area contributed by atoms with E-state index in [0.717, 1.165) is 19.3 Å². The largest absolute Gasteiger partial charge is 0.384 e. The zero-order valence-electron chi connectivity index (χ0n) is 12.4. The van der Waals surface area contributed by atoms with Crippen LogP contribution >= 0.6 is 0 Å². The van der Waals surface area contributed by atoms with Gasteiger partial charge >= 0.3 is 0 Å². The molecule has 4 nitrogen and oxygen atoms in total. The maximum Gasteiger partial charge on any atom is 0.244 e. The first-order valence-electron chi connectivity index (χ1n) is 7.20. The van der Waals surface area contributed by atoms with Crippen LogP contribution < -0.4 is 0 Å². The molecule has 1 saturated heterocycles. The maximum atomic E-state index is 13.0. The topological polar surface area (TPSA) is 57.6 Å². The molecule has 1 aliphatic rings. The smallest absolute Gasteiger partial charge is 0.244 e. The minimum Gasteiger partial charge on any atom is -0.384 e. The van der Waals surface area contributed by atoms with Crippen molar-refractivity contribution in [2.24, 2.45) is 0 Å². The van der Waals surface area contributed by atoms with Crippen molar-refractivity contribution in [1.29, 1.82) is 0 Å². The van der Waals surface area contributed by atoms with E-state index in [1.165, 1.54) is 0 Å². The van der Waals surface area contributed by atoms with Crippen LogP contribution in [0.25, 0.3) is 0 Å². The molecule has 114 valence electrons. The highest BCUT2D eigenvalue weighted by molar-refractivity contribution is 7.89. The highest BCUT2D eigenvalue weighted by Gasteiger charge is 2.36. The lowest BCUT2D eigenvalue weighted by molar-refractivity contribution is 0.204. The Morgan fingerprint density at radius 1 is 1.24 bits per heavy atom. The average molecular weight is 307 g/mol. The van der Waals surface area contributed by atoms with Crippen molar-refractivity contribution in [3.63, 3.8) is 0 Å². The SMILES string of the molecule is CC1CCCC(C)N1S(=O)(=O)c1ccccc1C#CCO. The molecular formula is C16H21NO3S. The lowest BCUT2D eigenvalue weighted by atomic mass is 10.0. The van der Waals surface area contributed by atoms with Gasteiger partial charge in [0.2, 0.25) is 10.0 Å². The molecule has 0 spiro atoms. The second kappa shape index (κ2) is 6.61. The first-order chi connectivity index (χ1) is 9.98. The Bertz CT molecular complexity index is 648. The van der Waals surface area contributed by atoms with E-state index in [4.69, 9.17) is 5.11 Å². The van der Waals surface area contributed by atoms with Crippen LogP contribution in [0, 0.1) is 11.8 Å². The molecule has 1 N–H and O–H groups in total. The molecule has 2 unspecified atom stereocenters. The van der Waals surface area contributed by atoms with E-state index in [-0.39, 0.29) is 23.6 Å². The Morgan fingerprint density at radius 3 is 2.48 bits per heavy atom. The van der Waals surface area contributed by atoms with Crippen LogP contribution in [0.1, 0.15) is 38.7 Å². The van der Waals surface area contributed by atoms with Gasteiger partial charge in [0.1, 0.15) is 6.61 Å². The molecule has 1 aromatic rings. The lowest BCUT2D eigenvalue weighted by Gasteiger charge is -2.37. The molecule has 2 rings (SSSR count). The van der Waals surface area contributed by atoms with Crippen LogP contribution in [0.3, 0.4) is 0 Å². The number of benzene rings is 1. The zero-order valence-corrected chi connectivity index (χ0v) is 13.2. The Labute approximate surface area is 126 Å². The summed E-state index contributed by atoms with van der Waals surface area (Å²) in [5, 5.41) is 8.82. The van der Waals surface area contributed by atoms with Crippen LogP contribution in [-0.2, 0) is 10.0 Å². The number of sulfonamides is 1. The second-order valence-electron chi connectivity index (χ2n) is 5.42. The second-order valence-corrected chi connectivity index (χ2v) is 7.23. The average Bonchev–Trinajstić information content (AvgIpc) is 2.45. The first kappa shape index (κ1) is 16.0. The summed E-state index contributed by atoms with van der Waals surface area (Å²) in [5.41, 5.74) is 0.441. The molecule has 21 heavy (non-hydrogen) atoms. The van der Waals surface area contributed by atoms with E-state index >= 15 is 0 Å². The van der Waals surface area contributed by atoms with Gasteiger partial charge in [-0.15, -0.1) is 0 Å². The van der Waals surface area contributed by atoms with Crippen LogP contribution in [0.5, 0.6) is 0 Å². The van der Waals surface area contributed by atoms with Gasteiger partial charge in [-0.3, -0.25) is 0 Å². The molecule has 5 heteroatoms. The summed E-state index contributed by atoms with van der Waals surface area (Å²) in [4.78, 5) is 0.228. The van der Waals surface area contributed by atoms with E-state index in [1.54, 1.807) is 28.6 Å². The molecule has 2 atom stereocenters. The minimum atomic E-state index is -3.57. The molecule has 1 fully saturated rings. The maximum absolute atomic E-state index is 13.0. The predicted octanol–water partition coefficient (Wildman–Crippen LogP) is 1.98. The number of piperidine rings is 1. The summed E-state index contributed by atoms with van der Waals surface area (Å²) in [5.74, 6) is 5.26. The van der Waals surface area contributed by atoms with Crippen LogP contribution in [-0.4, -0.2) is 36.5 Å². The molecule has 0 aromatic heterocycles. The summed E-state index contributed by atoms with van der Waals surface area (Å²) in [6.07, 6.45) is 2.82. The zero-order chi connectivity index (χ0) is 15.5. The number of hydrogen-bond donors (Lipinski definition) is 1. The lowest BCUT2D eigenvalue weighted by Crippen LogP contribution is -2.47. The number of rotatable bonds is 2. The van der Waals surface area contributed by atoms with Gasteiger partial charge in [-0.05, 0) is 38.8 Å². The normalized spacial score (nSPS) is 23.4. The monoisotopic (exact) mass is 307 g/mol. The fourth-order valence-corrected chi connectivity index (χ4v) is 4.95. The number of hydrogen-bond acceptors (Lipinski definition) is 3. The molecule has 1 heterocycles. The first-order valence-corrected chi connectivity index (χ1v) is 8.64. The van der Waals surface area contributed by atoms with E-state index in [1.807, 2.05) is 13.8 Å². The van der Waals surface area contributed by atoms with Gasteiger partial charge in [-0.2, -0.15) is 4.31 Å². The molecule has 0 radical (unpaired) electrons. The van der Waals surface area contributed by atoms with Crippen molar-refractivity contribution in [1.82, 2.24) is 4.31 Å². The fraction of sp³-hybridized carbons (Fsp3) is 0.500. The third-order valence-corrected chi connectivity index (χ3v) is 6.04. The Kier molecular flexibility index (Phi) is 5.04. The van der Waals surface area contributed by atoms with Crippen molar-refractivity contribution in [3.8, 4) is 11.8 Å². The Hall–Kier alpha value is -1.35. The van der Waals surface area contributed by atoms with E-state index in [9.17, 15) is 8.42 Å². The number of aliphatic hydroxyl groups excluding tert-OH is 1. The van der Waals surface area contributed by atoms with Crippen molar-refractivity contribution in [2.75, 3.05) is 6.61 Å². The van der Waals surface area contributed by atoms with Gasteiger partial charge in [0, 0.05) is 17.6 Å². The van der Waals surface area contributed by atoms with Crippen molar-refractivity contribution in [2.45, 2.75) is 50.1 Å². The van der Waals surface area contributed by atoms with Gasteiger partial charge in [0.05, 0.1) is 4.90 Å². The summed E-state index contributed by atoms with van der Waals surface area (Å²) < 4.78 is 27.6. The van der Waals surface area contributed by atoms with Gasteiger partial charge in [-0.25, -0.2) is 8.42 Å². The molecule has 0 amide bonds. The standard InChI is InChI=1S/C16H21NO3S/c1-13-7-5-8-14(2)17(13)21(19,20)16-11-4-3-9-15(16)10-6-12-18/h3-4,9,11,13-14,18H,5,7-8,12H2,1-2H3. The summed E-state index contributed by atoms with van der Waals surface area (Å²) in [6.45, 7) is 3.62. The van der Waals surface area contributed by atoms with Crippen molar-refractivity contribution in [3.05, 3.63) is 29.8 Å². The van der Waals surface area contributed by atoms with E-state index in [0.29, 0.717) is 5.56 Å². The summed E-state index contributed by atoms with van der Waals surface area (Å²) in [7, 11) is -3.57. The highest BCUT2D eigenvalue weighted by Crippen LogP contribution is 2.30. The van der Waals surface area contributed by atoms with Gasteiger partial charge in [-0.1, -0.05) is 30.4 Å². The molecule has 0 saturated carbocycles. The van der Waals surface area contributed by atoms with Gasteiger partial charge in [0.15, 0.2) is 0 Å². The van der Waals surface area contributed by atoms with Crippen LogP contribution in [0.2, 0.25) is 0 Å². The number of aliphatic hydroxyl groups is 1. The van der Waals surface area contributed by atoms with E-state index < -0.39 is 10.0 Å². The van der Waals surface area contributed by atoms with Crippen molar-refractivity contribution >= 4 is 10.0 Å². The fourth-order valence-electron chi connectivity index (χ4n) is 2.91.